The second-order valence-electron chi connectivity index (χ2n) is 6.11. The standard InChI is InChI=1S/C17H17N5S/c1-3-18-4-2-12(1)15-10-22-11-16(23-17(22)20-15)13-7-14-8-19-5-6-21(14)9-13/h5-12,18H,1-4H2. The van der Waals surface area contributed by atoms with Crippen LogP contribution in [0, 0.1) is 0 Å². The molecular formula is C17H17N5S. The zero-order valence-corrected chi connectivity index (χ0v) is 13.5. The summed E-state index contributed by atoms with van der Waals surface area (Å²) in [4.78, 5) is 11.4. The van der Waals surface area contributed by atoms with Gasteiger partial charge in [0.05, 0.1) is 22.3 Å². The third kappa shape index (κ3) is 2.26. The zero-order valence-electron chi connectivity index (χ0n) is 12.6. The molecule has 5 heterocycles. The number of rotatable bonds is 2. The number of hydrogen-bond donors (Lipinski definition) is 1. The van der Waals surface area contributed by atoms with Crippen LogP contribution in [0.3, 0.4) is 0 Å². The van der Waals surface area contributed by atoms with Gasteiger partial charge < -0.3 is 9.72 Å². The Morgan fingerprint density at radius 1 is 1.13 bits per heavy atom. The molecule has 4 aromatic heterocycles. The van der Waals surface area contributed by atoms with E-state index in [0.717, 1.165) is 23.6 Å². The number of aromatic nitrogens is 4. The molecule has 116 valence electrons. The highest BCUT2D eigenvalue weighted by Crippen LogP contribution is 2.32. The molecule has 1 aliphatic rings. The van der Waals surface area contributed by atoms with Gasteiger partial charge in [0, 0.05) is 42.5 Å². The molecule has 0 atom stereocenters. The van der Waals surface area contributed by atoms with Crippen LogP contribution in [0.15, 0.2) is 43.2 Å². The van der Waals surface area contributed by atoms with Crippen LogP contribution in [0.4, 0.5) is 0 Å². The fourth-order valence-corrected chi connectivity index (χ4v) is 4.31. The minimum Gasteiger partial charge on any atom is -0.320 e. The Balaban J connectivity index is 1.51. The molecule has 0 radical (unpaired) electrons. The smallest absolute Gasteiger partial charge is 0.194 e. The van der Waals surface area contributed by atoms with Crippen molar-refractivity contribution in [3.05, 3.63) is 48.9 Å². The summed E-state index contributed by atoms with van der Waals surface area (Å²) in [5.41, 5.74) is 3.58. The van der Waals surface area contributed by atoms with Crippen LogP contribution in [0.25, 0.3) is 20.9 Å². The molecular weight excluding hydrogens is 306 g/mol. The number of fused-ring (bicyclic) bond motifs is 2. The molecule has 0 unspecified atom stereocenters. The fourth-order valence-electron chi connectivity index (χ4n) is 3.35. The largest absolute Gasteiger partial charge is 0.320 e. The van der Waals surface area contributed by atoms with Crippen LogP contribution in [0.1, 0.15) is 24.5 Å². The van der Waals surface area contributed by atoms with Gasteiger partial charge in [0.25, 0.3) is 0 Å². The summed E-state index contributed by atoms with van der Waals surface area (Å²) >= 11 is 1.75. The monoisotopic (exact) mass is 323 g/mol. The fraction of sp³-hybridized carbons (Fsp3) is 0.294. The lowest BCUT2D eigenvalue weighted by molar-refractivity contribution is 0.454. The average Bonchev–Trinajstić information content (AvgIpc) is 3.27. The normalized spacial score (nSPS) is 16.5. The lowest BCUT2D eigenvalue weighted by Gasteiger charge is -2.20. The lowest BCUT2D eigenvalue weighted by Crippen LogP contribution is -2.26. The maximum Gasteiger partial charge on any atom is 0.194 e. The molecule has 23 heavy (non-hydrogen) atoms. The summed E-state index contributed by atoms with van der Waals surface area (Å²) in [5.74, 6) is 0.606. The molecule has 4 aromatic rings. The molecule has 5 nitrogen and oxygen atoms in total. The number of imidazole rings is 1. The van der Waals surface area contributed by atoms with Crippen molar-refractivity contribution in [2.75, 3.05) is 13.1 Å². The lowest BCUT2D eigenvalue weighted by atomic mass is 9.95. The van der Waals surface area contributed by atoms with Gasteiger partial charge in [-0.25, -0.2) is 4.98 Å². The Morgan fingerprint density at radius 3 is 2.87 bits per heavy atom. The molecule has 0 aromatic carbocycles. The molecule has 1 aliphatic heterocycles. The summed E-state index contributed by atoms with van der Waals surface area (Å²) in [5, 5.41) is 3.42. The highest BCUT2D eigenvalue weighted by atomic mass is 32.1. The average molecular weight is 323 g/mol. The molecule has 1 N–H and O–H groups in total. The van der Waals surface area contributed by atoms with Crippen LogP contribution in [0.5, 0.6) is 0 Å². The number of hydrogen-bond acceptors (Lipinski definition) is 4. The minimum atomic E-state index is 0.606. The van der Waals surface area contributed by atoms with E-state index in [4.69, 9.17) is 4.98 Å². The molecule has 6 heteroatoms. The SMILES string of the molecule is c1cn2cc(-c3cn4cc(C5CCNCC5)nc4s3)cc2cn1. The van der Waals surface area contributed by atoms with Crippen LogP contribution in [-0.4, -0.2) is 31.9 Å². The summed E-state index contributed by atoms with van der Waals surface area (Å²) in [6.45, 7) is 2.21. The third-order valence-corrected chi connectivity index (χ3v) is 5.66. The van der Waals surface area contributed by atoms with Gasteiger partial charge in [-0.3, -0.25) is 9.38 Å². The molecule has 0 saturated carbocycles. The predicted octanol–water partition coefficient (Wildman–Crippen LogP) is 3.18. The third-order valence-electron chi connectivity index (χ3n) is 4.62. The highest BCUT2D eigenvalue weighted by Gasteiger charge is 2.19. The topological polar surface area (TPSA) is 46.6 Å². The van der Waals surface area contributed by atoms with Crippen molar-refractivity contribution >= 4 is 21.8 Å². The molecule has 0 amide bonds. The highest BCUT2D eigenvalue weighted by molar-refractivity contribution is 7.20. The number of nitrogens with zero attached hydrogens (tertiary/aromatic N) is 4. The van der Waals surface area contributed by atoms with Crippen molar-refractivity contribution in [3.8, 4) is 10.4 Å². The van der Waals surface area contributed by atoms with Gasteiger partial charge in [-0.2, -0.15) is 0 Å². The Morgan fingerprint density at radius 2 is 2.04 bits per heavy atom. The van der Waals surface area contributed by atoms with E-state index in [1.54, 1.807) is 11.3 Å². The second-order valence-corrected chi connectivity index (χ2v) is 7.12. The van der Waals surface area contributed by atoms with E-state index >= 15 is 0 Å². The first-order valence-electron chi connectivity index (χ1n) is 7.98. The van der Waals surface area contributed by atoms with E-state index < -0.39 is 0 Å². The summed E-state index contributed by atoms with van der Waals surface area (Å²) in [6, 6.07) is 2.17. The van der Waals surface area contributed by atoms with Crippen molar-refractivity contribution in [2.45, 2.75) is 18.8 Å². The summed E-state index contributed by atoms with van der Waals surface area (Å²) in [7, 11) is 0. The first-order valence-corrected chi connectivity index (χ1v) is 8.80. The molecule has 5 rings (SSSR count). The quantitative estimate of drug-likeness (QED) is 0.616. The van der Waals surface area contributed by atoms with Crippen molar-refractivity contribution in [1.82, 2.24) is 24.1 Å². The van der Waals surface area contributed by atoms with E-state index in [0.29, 0.717) is 5.92 Å². The Kier molecular flexibility index (Phi) is 2.99. The van der Waals surface area contributed by atoms with E-state index in [9.17, 15) is 0 Å². The Bertz CT molecular complexity index is 909. The van der Waals surface area contributed by atoms with E-state index in [2.05, 4.69) is 43.8 Å². The first-order chi connectivity index (χ1) is 11.4. The first kappa shape index (κ1) is 13.3. The van der Waals surface area contributed by atoms with Gasteiger partial charge in [-0.1, -0.05) is 11.3 Å². The number of nitrogens with one attached hydrogen (secondary N) is 1. The van der Waals surface area contributed by atoms with Crippen molar-refractivity contribution in [2.24, 2.45) is 0 Å². The van der Waals surface area contributed by atoms with E-state index in [-0.39, 0.29) is 0 Å². The molecule has 1 fully saturated rings. The predicted molar refractivity (Wildman–Crippen MR) is 92.1 cm³/mol. The Hall–Kier alpha value is -2.18. The number of thiazole rings is 1. The molecule has 0 aliphatic carbocycles. The second kappa shape index (κ2) is 5.18. The Labute approximate surface area is 137 Å². The van der Waals surface area contributed by atoms with Gasteiger partial charge in [-0.05, 0) is 32.0 Å². The van der Waals surface area contributed by atoms with Gasteiger partial charge >= 0.3 is 0 Å². The van der Waals surface area contributed by atoms with E-state index in [1.165, 1.54) is 29.0 Å². The number of piperidine rings is 1. The van der Waals surface area contributed by atoms with Crippen molar-refractivity contribution in [3.63, 3.8) is 0 Å². The summed E-state index contributed by atoms with van der Waals surface area (Å²) < 4.78 is 4.28. The molecule has 0 spiro atoms. The zero-order chi connectivity index (χ0) is 15.2. The van der Waals surface area contributed by atoms with Crippen LogP contribution in [-0.2, 0) is 0 Å². The minimum absolute atomic E-state index is 0.606. The van der Waals surface area contributed by atoms with Crippen molar-refractivity contribution in [1.29, 1.82) is 0 Å². The van der Waals surface area contributed by atoms with Crippen LogP contribution < -0.4 is 5.32 Å². The molecule has 1 saturated heterocycles. The van der Waals surface area contributed by atoms with Gasteiger partial charge in [0.2, 0.25) is 0 Å². The van der Waals surface area contributed by atoms with Crippen LogP contribution in [0.2, 0.25) is 0 Å². The van der Waals surface area contributed by atoms with Gasteiger partial charge in [0.15, 0.2) is 4.96 Å². The van der Waals surface area contributed by atoms with Gasteiger partial charge in [-0.15, -0.1) is 0 Å². The van der Waals surface area contributed by atoms with E-state index in [1.807, 2.05) is 18.6 Å². The van der Waals surface area contributed by atoms with Crippen molar-refractivity contribution < 1.29 is 0 Å². The van der Waals surface area contributed by atoms with Gasteiger partial charge in [0.1, 0.15) is 0 Å². The van der Waals surface area contributed by atoms with Crippen LogP contribution >= 0.6 is 11.3 Å². The maximum atomic E-state index is 4.87. The summed E-state index contributed by atoms with van der Waals surface area (Å²) in [6.07, 6.45) is 14.6. The molecule has 0 bridgehead atoms. The maximum absolute atomic E-state index is 4.87.